The van der Waals surface area contributed by atoms with Crippen molar-refractivity contribution in [1.29, 1.82) is 0 Å². The number of carboxylic acids is 1. The van der Waals surface area contributed by atoms with Crippen LogP contribution >= 0.6 is 27.3 Å². The summed E-state index contributed by atoms with van der Waals surface area (Å²) in [5.41, 5.74) is 2.03. The highest BCUT2D eigenvalue weighted by Gasteiger charge is 2.42. The SMILES string of the molecule is COC(=O)C1=C(CN2[C@@H]3COC[C@H]2C[C@H](CC(=O)O)C3)NC(c2nccs2)=N[C@H]1c1ccccc1Br. The summed E-state index contributed by atoms with van der Waals surface area (Å²) in [7, 11) is 1.38. The smallest absolute Gasteiger partial charge is 0.338 e. The highest BCUT2D eigenvalue weighted by atomic mass is 79.9. The van der Waals surface area contributed by atoms with Crippen molar-refractivity contribution in [2.75, 3.05) is 26.9 Å². The van der Waals surface area contributed by atoms with Gasteiger partial charge in [0.05, 0.1) is 25.9 Å². The van der Waals surface area contributed by atoms with Crippen LogP contribution in [0.4, 0.5) is 0 Å². The molecule has 3 aliphatic rings. The largest absolute Gasteiger partial charge is 0.481 e. The van der Waals surface area contributed by atoms with E-state index in [1.807, 2.05) is 29.6 Å². The van der Waals surface area contributed by atoms with Gasteiger partial charge in [-0.15, -0.1) is 11.3 Å². The van der Waals surface area contributed by atoms with E-state index in [1.165, 1.54) is 18.4 Å². The van der Waals surface area contributed by atoms with Crippen LogP contribution in [0, 0.1) is 5.92 Å². The number of halogens is 1. The van der Waals surface area contributed by atoms with Gasteiger partial charge < -0.3 is 19.9 Å². The molecule has 0 spiro atoms. The van der Waals surface area contributed by atoms with Gasteiger partial charge in [-0.05, 0) is 30.4 Å². The molecule has 2 fully saturated rings. The molecule has 2 aromatic rings. The number of carbonyl (C=O) groups is 2. The first-order chi connectivity index (χ1) is 17.4. The van der Waals surface area contributed by atoms with E-state index in [9.17, 15) is 14.7 Å². The predicted octanol–water partition coefficient (Wildman–Crippen LogP) is 3.38. The number of fused-ring (bicyclic) bond motifs is 2. The molecule has 9 nitrogen and oxygen atoms in total. The fourth-order valence-electron chi connectivity index (χ4n) is 5.40. The number of amidine groups is 1. The number of thiazole rings is 1. The molecule has 1 aromatic heterocycles. The summed E-state index contributed by atoms with van der Waals surface area (Å²) in [6.07, 6.45) is 3.38. The lowest BCUT2D eigenvalue weighted by Gasteiger charge is -2.49. The number of hydrogen-bond donors (Lipinski definition) is 2. The molecule has 36 heavy (non-hydrogen) atoms. The van der Waals surface area contributed by atoms with Gasteiger partial charge in [-0.1, -0.05) is 34.1 Å². The standard InChI is InChI=1S/C25H27BrN4O5S/c1-34-25(33)21-19(11-30-15-8-14(10-20(31)32)9-16(30)13-35-12-15)28-23(24-27-6-7-36-24)29-22(21)17-4-2-3-5-18(17)26/h2-7,14-16,22H,8-13H2,1H3,(H,28,29)(H,31,32)/t14-,15+,16-,22-/m0/s1. The Labute approximate surface area is 221 Å². The van der Waals surface area contributed by atoms with E-state index in [0.29, 0.717) is 31.2 Å². The molecule has 11 heteroatoms. The van der Waals surface area contributed by atoms with Crippen LogP contribution in [0.5, 0.6) is 0 Å². The maximum atomic E-state index is 13.2. The summed E-state index contributed by atoms with van der Waals surface area (Å²) in [5, 5.41) is 15.4. The molecule has 2 N–H and O–H groups in total. The van der Waals surface area contributed by atoms with Crippen LogP contribution in [0.1, 0.15) is 35.9 Å². The van der Waals surface area contributed by atoms with Crippen molar-refractivity contribution >= 4 is 45.0 Å². The second-order valence-electron chi connectivity index (χ2n) is 9.20. The highest BCUT2D eigenvalue weighted by molar-refractivity contribution is 9.10. The van der Waals surface area contributed by atoms with Gasteiger partial charge in [0, 0.05) is 46.8 Å². The number of carbonyl (C=O) groups excluding carboxylic acids is 1. The molecule has 190 valence electrons. The van der Waals surface area contributed by atoms with Gasteiger partial charge in [0.25, 0.3) is 0 Å². The maximum absolute atomic E-state index is 13.2. The molecular weight excluding hydrogens is 548 g/mol. The summed E-state index contributed by atoms with van der Waals surface area (Å²) in [5.74, 6) is -0.484. The van der Waals surface area contributed by atoms with E-state index in [1.54, 1.807) is 6.20 Å². The number of piperidine rings is 1. The van der Waals surface area contributed by atoms with Crippen LogP contribution in [0.15, 0.2) is 56.6 Å². The van der Waals surface area contributed by atoms with E-state index in [4.69, 9.17) is 14.5 Å². The monoisotopic (exact) mass is 574 g/mol. The Hall–Kier alpha value is -2.60. The van der Waals surface area contributed by atoms with Gasteiger partial charge in [-0.25, -0.2) is 9.78 Å². The second-order valence-corrected chi connectivity index (χ2v) is 10.9. The van der Waals surface area contributed by atoms with E-state index in [2.05, 4.69) is 31.1 Å². The van der Waals surface area contributed by atoms with Crippen molar-refractivity contribution in [2.24, 2.45) is 10.9 Å². The number of nitrogens with zero attached hydrogens (tertiary/aromatic N) is 3. The molecule has 0 saturated carbocycles. The lowest BCUT2D eigenvalue weighted by molar-refractivity contribution is -0.141. The zero-order valence-corrected chi connectivity index (χ0v) is 22.1. The third kappa shape index (κ3) is 5.10. The highest BCUT2D eigenvalue weighted by Crippen LogP contribution is 2.38. The minimum absolute atomic E-state index is 0.0686. The fourth-order valence-corrected chi connectivity index (χ4v) is 6.49. The van der Waals surface area contributed by atoms with Gasteiger partial charge >= 0.3 is 11.9 Å². The molecule has 0 unspecified atom stereocenters. The average Bonchev–Trinajstić information content (AvgIpc) is 3.39. The number of methoxy groups -OCH3 is 1. The first kappa shape index (κ1) is 25.1. The Balaban J connectivity index is 1.54. The molecule has 4 heterocycles. The van der Waals surface area contributed by atoms with Crippen molar-refractivity contribution in [2.45, 2.75) is 37.4 Å². The molecule has 1 aromatic carbocycles. The number of aromatic nitrogens is 1. The number of morpholine rings is 1. The van der Waals surface area contributed by atoms with E-state index >= 15 is 0 Å². The molecule has 0 aliphatic carbocycles. The summed E-state index contributed by atoms with van der Waals surface area (Å²) < 4.78 is 11.9. The number of carboxylic acid groups (broad SMARTS) is 1. The first-order valence-electron chi connectivity index (χ1n) is 11.8. The number of nitrogens with one attached hydrogen (secondary N) is 1. The molecule has 5 rings (SSSR count). The number of esters is 1. The second kappa shape index (κ2) is 10.8. The van der Waals surface area contributed by atoms with E-state index < -0.39 is 18.0 Å². The number of hydrogen-bond acceptors (Lipinski definition) is 9. The minimum Gasteiger partial charge on any atom is -0.481 e. The molecule has 0 amide bonds. The fraction of sp³-hybridized carbons (Fsp3) is 0.440. The topological polar surface area (TPSA) is 113 Å². The normalized spacial score (nSPS) is 26.2. The number of ether oxygens (including phenoxy) is 2. The van der Waals surface area contributed by atoms with Crippen molar-refractivity contribution in [3.63, 3.8) is 0 Å². The van der Waals surface area contributed by atoms with E-state index in [0.717, 1.165) is 33.6 Å². The van der Waals surface area contributed by atoms with Crippen LogP contribution in [-0.2, 0) is 19.1 Å². The van der Waals surface area contributed by atoms with Crippen LogP contribution in [0.3, 0.4) is 0 Å². The van der Waals surface area contributed by atoms with Crippen LogP contribution in [0.2, 0.25) is 0 Å². The molecule has 3 aliphatic heterocycles. The lowest BCUT2D eigenvalue weighted by Crippen LogP contribution is -2.58. The van der Waals surface area contributed by atoms with Crippen LogP contribution in [-0.4, -0.2) is 71.7 Å². The summed E-state index contributed by atoms with van der Waals surface area (Å²) in [6, 6.07) is 7.28. The van der Waals surface area contributed by atoms with Gasteiger partial charge in [-0.3, -0.25) is 14.7 Å². The Morgan fingerprint density at radius 1 is 1.28 bits per heavy atom. The minimum atomic E-state index is -0.766. The molecule has 4 atom stereocenters. The first-order valence-corrected chi connectivity index (χ1v) is 13.5. The van der Waals surface area contributed by atoms with Crippen molar-refractivity contribution in [3.05, 3.63) is 62.2 Å². The Kier molecular flexibility index (Phi) is 7.52. The van der Waals surface area contributed by atoms with Gasteiger partial charge in [0.15, 0.2) is 10.8 Å². The zero-order valence-electron chi connectivity index (χ0n) is 19.7. The Morgan fingerprint density at radius 2 is 2.03 bits per heavy atom. The number of aliphatic carboxylic acids is 1. The molecule has 2 bridgehead atoms. The average molecular weight is 575 g/mol. The number of benzene rings is 1. The van der Waals surface area contributed by atoms with Crippen molar-refractivity contribution < 1.29 is 24.2 Å². The maximum Gasteiger partial charge on any atom is 0.338 e. The van der Waals surface area contributed by atoms with Crippen LogP contribution < -0.4 is 5.32 Å². The predicted molar refractivity (Wildman–Crippen MR) is 138 cm³/mol. The summed E-state index contributed by atoms with van der Waals surface area (Å²) in [6.45, 7) is 1.54. The number of aliphatic imine (C=N–C) groups is 1. The third-order valence-electron chi connectivity index (χ3n) is 6.94. The third-order valence-corrected chi connectivity index (χ3v) is 8.44. The summed E-state index contributed by atoms with van der Waals surface area (Å²) >= 11 is 5.10. The number of rotatable bonds is 7. The molecular formula is C25H27BrN4O5S. The molecule has 2 saturated heterocycles. The van der Waals surface area contributed by atoms with Crippen LogP contribution in [0.25, 0.3) is 0 Å². The van der Waals surface area contributed by atoms with Crippen molar-refractivity contribution in [3.8, 4) is 0 Å². The van der Waals surface area contributed by atoms with Gasteiger partial charge in [0.1, 0.15) is 6.04 Å². The lowest BCUT2D eigenvalue weighted by atomic mass is 9.82. The Morgan fingerprint density at radius 3 is 2.67 bits per heavy atom. The summed E-state index contributed by atoms with van der Waals surface area (Å²) in [4.78, 5) is 36.3. The zero-order chi connectivity index (χ0) is 25.2. The Bertz CT molecular complexity index is 1190. The van der Waals surface area contributed by atoms with Gasteiger partial charge in [0.2, 0.25) is 0 Å². The van der Waals surface area contributed by atoms with Gasteiger partial charge in [-0.2, -0.15) is 0 Å². The van der Waals surface area contributed by atoms with E-state index in [-0.39, 0.29) is 24.4 Å². The van der Waals surface area contributed by atoms with Crippen molar-refractivity contribution in [1.82, 2.24) is 15.2 Å². The molecule has 0 radical (unpaired) electrons. The quantitative estimate of drug-likeness (QED) is 0.484.